The standard InChI is InChI=1S/C24H28Cl2N2OS/c1-3-4-5-6-11-27-23(29)10-9-21-24(20-8-7-16(2)12-22(20)28-21)30-19-14-17(25)13-18(26)15-19/h7-8,12-15,28H,3-6,9-11H2,1-2H3,(H,27,29). The van der Waals surface area contributed by atoms with E-state index in [1.54, 1.807) is 17.8 Å². The van der Waals surface area contributed by atoms with E-state index in [1.807, 2.05) is 12.1 Å². The minimum Gasteiger partial charge on any atom is -0.357 e. The zero-order chi connectivity index (χ0) is 21.5. The van der Waals surface area contributed by atoms with Crippen LogP contribution < -0.4 is 5.32 Å². The molecule has 1 aromatic heterocycles. The van der Waals surface area contributed by atoms with Crippen molar-refractivity contribution in [3.05, 3.63) is 57.7 Å². The molecule has 3 aromatic rings. The van der Waals surface area contributed by atoms with Crippen LogP contribution in [0.15, 0.2) is 46.2 Å². The molecule has 0 aliphatic rings. The van der Waals surface area contributed by atoms with Crippen molar-refractivity contribution >= 4 is 51.8 Å². The Kier molecular flexibility index (Phi) is 8.55. The molecule has 0 bridgehead atoms. The van der Waals surface area contributed by atoms with E-state index in [9.17, 15) is 4.79 Å². The molecule has 0 saturated carbocycles. The van der Waals surface area contributed by atoms with Crippen molar-refractivity contribution in [2.75, 3.05) is 6.54 Å². The number of rotatable bonds is 10. The van der Waals surface area contributed by atoms with Crippen molar-refractivity contribution in [1.29, 1.82) is 0 Å². The second kappa shape index (κ2) is 11.1. The average Bonchev–Trinajstić information content (AvgIpc) is 3.01. The molecule has 0 unspecified atom stereocenters. The Morgan fingerprint density at radius 2 is 1.83 bits per heavy atom. The van der Waals surface area contributed by atoms with Gasteiger partial charge in [-0.3, -0.25) is 4.79 Å². The molecule has 1 heterocycles. The third kappa shape index (κ3) is 6.44. The maximum absolute atomic E-state index is 12.3. The summed E-state index contributed by atoms with van der Waals surface area (Å²) in [6.07, 6.45) is 5.75. The quantitative estimate of drug-likeness (QED) is 0.305. The van der Waals surface area contributed by atoms with Gasteiger partial charge >= 0.3 is 0 Å². The van der Waals surface area contributed by atoms with Crippen LogP contribution in [-0.2, 0) is 11.2 Å². The highest BCUT2D eigenvalue weighted by atomic mass is 35.5. The van der Waals surface area contributed by atoms with Crippen LogP contribution in [0.25, 0.3) is 10.9 Å². The van der Waals surface area contributed by atoms with Gasteiger partial charge in [-0.15, -0.1) is 0 Å². The van der Waals surface area contributed by atoms with Crippen molar-refractivity contribution in [2.24, 2.45) is 0 Å². The average molecular weight is 463 g/mol. The van der Waals surface area contributed by atoms with Gasteiger partial charge in [0.25, 0.3) is 0 Å². The number of aromatic amines is 1. The van der Waals surface area contributed by atoms with Gasteiger partial charge in [0, 0.05) is 49.4 Å². The van der Waals surface area contributed by atoms with E-state index in [4.69, 9.17) is 23.2 Å². The summed E-state index contributed by atoms with van der Waals surface area (Å²) in [6, 6.07) is 11.9. The highest BCUT2D eigenvalue weighted by Crippen LogP contribution is 2.39. The lowest BCUT2D eigenvalue weighted by Gasteiger charge is -2.07. The lowest BCUT2D eigenvalue weighted by molar-refractivity contribution is -0.121. The minimum absolute atomic E-state index is 0.100. The number of benzene rings is 2. The third-order valence-corrected chi connectivity index (χ3v) is 6.57. The highest BCUT2D eigenvalue weighted by molar-refractivity contribution is 7.99. The smallest absolute Gasteiger partial charge is 0.220 e. The van der Waals surface area contributed by atoms with Gasteiger partial charge in [0.15, 0.2) is 0 Å². The number of carbonyl (C=O) groups excluding carboxylic acids is 1. The van der Waals surface area contributed by atoms with E-state index in [0.717, 1.165) is 39.4 Å². The monoisotopic (exact) mass is 462 g/mol. The molecule has 0 spiro atoms. The van der Waals surface area contributed by atoms with Crippen LogP contribution in [-0.4, -0.2) is 17.4 Å². The van der Waals surface area contributed by atoms with Gasteiger partial charge in [-0.2, -0.15) is 0 Å². The van der Waals surface area contributed by atoms with Crippen molar-refractivity contribution in [3.63, 3.8) is 0 Å². The summed E-state index contributed by atoms with van der Waals surface area (Å²) < 4.78 is 0. The third-order valence-electron chi connectivity index (χ3n) is 4.99. The second-order valence-electron chi connectivity index (χ2n) is 7.60. The Hall–Kier alpha value is -1.62. The van der Waals surface area contributed by atoms with Gasteiger partial charge in [0.1, 0.15) is 0 Å². The van der Waals surface area contributed by atoms with E-state index in [1.165, 1.54) is 24.8 Å². The molecule has 0 aliphatic heterocycles. The van der Waals surface area contributed by atoms with Gasteiger partial charge in [0.05, 0.1) is 0 Å². The van der Waals surface area contributed by atoms with Crippen LogP contribution in [0.5, 0.6) is 0 Å². The zero-order valence-corrected chi connectivity index (χ0v) is 19.8. The number of aromatic nitrogens is 1. The van der Waals surface area contributed by atoms with Crippen LogP contribution >= 0.6 is 35.0 Å². The molecule has 3 nitrogen and oxygen atoms in total. The topological polar surface area (TPSA) is 44.9 Å². The number of hydrogen-bond acceptors (Lipinski definition) is 2. The lowest BCUT2D eigenvalue weighted by atomic mass is 10.1. The number of unbranched alkanes of at least 4 members (excludes halogenated alkanes) is 3. The highest BCUT2D eigenvalue weighted by Gasteiger charge is 2.15. The first kappa shape index (κ1) is 23.1. The number of amides is 1. The van der Waals surface area contributed by atoms with Gasteiger partial charge < -0.3 is 10.3 Å². The molecule has 0 saturated heterocycles. The number of carbonyl (C=O) groups is 1. The van der Waals surface area contributed by atoms with Gasteiger partial charge in [0.2, 0.25) is 5.91 Å². The molecule has 2 aromatic carbocycles. The molecule has 2 N–H and O–H groups in total. The van der Waals surface area contributed by atoms with E-state index in [-0.39, 0.29) is 5.91 Å². The molecule has 3 rings (SSSR count). The molecule has 1 amide bonds. The van der Waals surface area contributed by atoms with Gasteiger partial charge in [-0.1, -0.05) is 73.3 Å². The zero-order valence-electron chi connectivity index (χ0n) is 17.5. The number of H-pyrrole nitrogens is 1. The predicted molar refractivity (Wildman–Crippen MR) is 129 cm³/mol. The van der Waals surface area contributed by atoms with Gasteiger partial charge in [-0.25, -0.2) is 0 Å². The molecule has 0 aliphatic carbocycles. The van der Waals surface area contributed by atoms with Crippen molar-refractivity contribution in [3.8, 4) is 0 Å². The summed E-state index contributed by atoms with van der Waals surface area (Å²) >= 11 is 14.0. The van der Waals surface area contributed by atoms with E-state index in [0.29, 0.717) is 22.9 Å². The van der Waals surface area contributed by atoms with Crippen molar-refractivity contribution in [2.45, 2.75) is 62.2 Å². The SMILES string of the molecule is CCCCCCNC(=O)CCc1[nH]c2cc(C)ccc2c1Sc1cc(Cl)cc(Cl)c1. The summed E-state index contributed by atoms with van der Waals surface area (Å²) in [4.78, 5) is 17.9. The fourth-order valence-corrected chi connectivity index (χ4v) is 5.27. The Morgan fingerprint density at radius 3 is 2.57 bits per heavy atom. The Labute approximate surface area is 192 Å². The van der Waals surface area contributed by atoms with E-state index >= 15 is 0 Å². The maximum Gasteiger partial charge on any atom is 0.220 e. The first-order valence-corrected chi connectivity index (χ1v) is 12.1. The van der Waals surface area contributed by atoms with E-state index < -0.39 is 0 Å². The Bertz CT molecular complexity index is 996. The van der Waals surface area contributed by atoms with Crippen LogP contribution in [0.3, 0.4) is 0 Å². The molecular formula is C24H28Cl2N2OS. The molecule has 160 valence electrons. The van der Waals surface area contributed by atoms with Crippen molar-refractivity contribution in [1.82, 2.24) is 10.3 Å². The normalized spacial score (nSPS) is 11.2. The molecular weight excluding hydrogens is 435 g/mol. The summed E-state index contributed by atoms with van der Waals surface area (Å²) in [6.45, 7) is 5.02. The van der Waals surface area contributed by atoms with Crippen LogP contribution in [0, 0.1) is 6.92 Å². The van der Waals surface area contributed by atoms with Crippen LogP contribution in [0.1, 0.15) is 50.3 Å². The number of aryl methyl sites for hydroxylation is 2. The number of hydrogen-bond donors (Lipinski definition) is 2. The summed E-state index contributed by atoms with van der Waals surface area (Å²) in [7, 11) is 0. The number of halogens is 2. The van der Waals surface area contributed by atoms with Gasteiger partial charge in [-0.05, 0) is 49.6 Å². The fraction of sp³-hybridized carbons (Fsp3) is 0.375. The Morgan fingerprint density at radius 1 is 1.07 bits per heavy atom. The summed E-state index contributed by atoms with van der Waals surface area (Å²) in [5, 5.41) is 5.42. The number of nitrogens with one attached hydrogen (secondary N) is 2. The molecule has 0 atom stereocenters. The molecule has 0 radical (unpaired) electrons. The number of fused-ring (bicyclic) bond motifs is 1. The summed E-state index contributed by atoms with van der Waals surface area (Å²) in [5.74, 6) is 0.100. The minimum atomic E-state index is 0.100. The fourth-order valence-electron chi connectivity index (χ4n) is 3.45. The molecule has 6 heteroatoms. The van der Waals surface area contributed by atoms with Crippen LogP contribution in [0.4, 0.5) is 0 Å². The first-order valence-electron chi connectivity index (χ1n) is 10.5. The molecule has 0 fully saturated rings. The van der Waals surface area contributed by atoms with Crippen LogP contribution in [0.2, 0.25) is 10.0 Å². The van der Waals surface area contributed by atoms with E-state index in [2.05, 4.69) is 42.3 Å². The second-order valence-corrected chi connectivity index (χ2v) is 9.56. The lowest BCUT2D eigenvalue weighted by Crippen LogP contribution is -2.24. The maximum atomic E-state index is 12.3. The van der Waals surface area contributed by atoms with Crippen molar-refractivity contribution < 1.29 is 4.79 Å². The molecule has 30 heavy (non-hydrogen) atoms. The summed E-state index contributed by atoms with van der Waals surface area (Å²) in [5.41, 5.74) is 3.35. The first-order chi connectivity index (χ1) is 14.5. The Balaban J connectivity index is 1.74. The predicted octanol–water partition coefficient (Wildman–Crippen LogP) is 7.56. The largest absolute Gasteiger partial charge is 0.357 e.